The maximum Gasteiger partial charge on any atom is 0.346 e. The first-order valence-corrected chi connectivity index (χ1v) is 7.11. The Bertz CT molecular complexity index is 648. The van der Waals surface area contributed by atoms with Gasteiger partial charge in [-0.25, -0.2) is 14.2 Å². The minimum Gasteiger partial charge on any atom is -0.476 e. The van der Waals surface area contributed by atoms with Gasteiger partial charge >= 0.3 is 5.97 Å². The number of rotatable bonds is 3. The van der Waals surface area contributed by atoms with Crippen LogP contribution in [0.4, 0.5) is 4.39 Å². The summed E-state index contributed by atoms with van der Waals surface area (Å²) >= 11 is 10.4. The Balaban J connectivity index is 2.43. The van der Waals surface area contributed by atoms with Gasteiger partial charge in [-0.15, -0.1) is 11.3 Å². The summed E-state index contributed by atoms with van der Waals surface area (Å²) < 4.78 is 25.0. The third-order valence-electron chi connectivity index (χ3n) is 2.34. The lowest BCUT2D eigenvalue weighted by molar-refractivity contribution is -0.148. The summed E-state index contributed by atoms with van der Waals surface area (Å²) in [4.78, 5) is 15.3. The van der Waals surface area contributed by atoms with E-state index >= 15 is 0 Å². The van der Waals surface area contributed by atoms with Crippen molar-refractivity contribution < 1.29 is 18.7 Å². The molecule has 0 fully saturated rings. The molecule has 0 aliphatic heterocycles. The van der Waals surface area contributed by atoms with E-state index in [1.807, 2.05) is 0 Å². The van der Waals surface area contributed by atoms with Gasteiger partial charge in [-0.05, 0) is 22.9 Å². The second kappa shape index (κ2) is 5.60. The average Bonchev–Trinajstić information content (AvgIpc) is 2.75. The molecule has 0 amide bonds. The monoisotopic (exact) mass is 367 g/mol. The van der Waals surface area contributed by atoms with Crippen molar-refractivity contribution >= 4 is 55.1 Å². The zero-order valence-corrected chi connectivity index (χ0v) is 13.0. The highest BCUT2D eigenvalue weighted by Crippen LogP contribution is 2.37. The molecule has 102 valence electrons. The summed E-state index contributed by atoms with van der Waals surface area (Å²) in [5.41, 5.74) is 0.356. The highest BCUT2D eigenvalue weighted by molar-refractivity contribution is 9.11. The predicted molar refractivity (Wildman–Crippen MR) is 74.4 cm³/mol. The first-order chi connectivity index (χ1) is 8.93. The van der Waals surface area contributed by atoms with Gasteiger partial charge in [-0.3, -0.25) is 0 Å². The summed E-state index contributed by atoms with van der Waals surface area (Å²) in [6.07, 6.45) is -0.927. The average molecular weight is 369 g/mol. The van der Waals surface area contributed by atoms with E-state index in [1.54, 1.807) is 0 Å². The molecule has 0 bridgehead atoms. The number of carbonyl (C=O) groups excluding carboxylic acids is 1. The molecule has 1 unspecified atom stereocenters. The molecule has 1 heterocycles. The molecule has 0 radical (unpaired) electrons. The van der Waals surface area contributed by atoms with Gasteiger partial charge in [-0.1, -0.05) is 11.6 Å². The summed E-state index contributed by atoms with van der Waals surface area (Å²) in [5.74, 6) is -1.45. The topological polar surface area (TPSA) is 48.4 Å². The van der Waals surface area contributed by atoms with E-state index in [2.05, 4.69) is 25.7 Å². The number of nitrogens with zero attached hydrogens (tertiary/aromatic N) is 1. The smallest absolute Gasteiger partial charge is 0.346 e. The Labute approximate surface area is 125 Å². The van der Waals surface area contributed by atoms with Crippen molar-refractivity contribution in [1.82, 2.24) is 4.98 Å². The minimum absolute atomic E-state index is 0.105. The number of esters is 1. The number of thiazole rings is 1. The van der Waals surface area contributed by atoms with Crippen LogP contribution in [0.5, 0.6) is 5.75 Å². The minimum atomic E-state index is -0.927. The van der Waals surface area contributed by atoms with E-state index in [-0.39, 0.29) is 10.8 Å². The SMILES string of the molecule is COC(=O)C(C)Oc1cc2sc(Br)nc2c(Cl)c1F. The first-order valence-electron chi connectivity index (χ1n) is 5.12. The fourth-order valence-corrected chi connectivity index (χ4v) is 3.17. The molecule has 0 aliphatic rings. The van der Waals surface area contributed by atoms with Gasteiger partial charge in [0.1, 0.15) is 10.5 Å². The van der Waals surface area contributed by atoms with E-state index in [9.17, 15) is 9.18 Å². The van der Waals surface area contributed by atoms with Crippen LogP contribution in [0, 0.1) is 5.82 Å². The summed E-state index contributed by atoms with van der Waals surface area (Å²) in [7, 11) is 1.23. The Morgan fingerprint density at radius 2 is 2.32 bits per heavy atom. The number of methoxy groups -OCH3 is 1. The molecule has 0 aliphatic carbocycles. The van der Waals surface area contributed by atoms with Crippen molar-refractivity contribution in [2.24, 2.45) is 0 Å². The molecule has 19 heavy (non-hydrogen) atoms. The zero-order chi connectivity index (χ0) is 14.2. The molecule has 1 aromatic heterocycles. The molecule has 4 nitrogen and oxygen atoms in total. The van der Waals surface area contributed by atoms with Gasteiger partial charge in [0.15, 0.2) is 21.6 Å². The maximum atomic E-state index is 14.0. The lowest BCUT2D eigenvalue weighted by Crippen LogP contribution is -2.25. The second-order valence-electron chi connectivity index (χ2n) is 3.60. The molecule has 1 atom stereocenters. The Kier molecular flexibility index (Phi) is 4.27. The normalized spacial score (nSPS) is 12.5. The highest BCUT2D eigenvalue weighted by atomic mass is 79.9. The van der Waals surface area contributed by atoms with Crippen LogP contribution in [-0.2, 0) is 9.53 Å². The molecular formula is C11H8BrClFNO3S. The van der Waals surface area contributed by atoms with Crippen LogP contribution < -0.4 is 4.74 Å². The third-order valence-corrected chi connectivity index (χ3v) is 4.14. The largest absolute Gasteiger partial charge is 0.476 e. The van der Waals surface area contributed by atoms with Crippen LogP contribution in [0.1, 0.15) is 6.92 Å². The summed E-state index contributed by atoms with van der Waals surface area (Å²) in [5, 5.41) is -0.133. The van der Waals surface area contributed by atoms with Crippen molar-refractivity contribution in [3.05, 3.63) is 20.8 Å². The van der Waals surface area contributed by atoms with Crippen molar-refractivity contribution in [1.29, 1.82) is 0 Å². The van der Waals surface area contributed by atoms with Gasteiger partial charge in [0.25, 0.3) is 0 Å². The van der Waals surface area contributed by atoms with E-state index in [0.717, 1.165) is 0 Å². The van der Waals surface area contributed by atoms with Crippen LogP contribution in [0.15, 0.2) is 9.98 Å². The first kappa shape index (κ1) is 14.5. The van der Waals surface area contributed by atoms with Crippen LogP contribution in [-0.4, -0.2) is 24.2 Å². The highest BCUT2D eigenvalue weighted by Gasteiger charge is 2.21. The number of carbonyl (C=O) groups is 1. The molecule has 0 saturated carbocycles. The van der Waals surface area contributed by atoms with Gasteiger partial charge in [0.2, 0.25) is 0 Å². The summed E-state index contributed by atoms with van der Waals surface area (Å²) in [6.45, 7) is 1.46. The number of benzene rings is 1. The fourth-order valence-electron chi connectivity index (χ4n) is 1.44. The van der Waals surface area contributed by atoms with E-state index in [1.165, 1.54) is 31.4 Å². The molecule has 1 aromatic carbocycles. The van der Waals surface area contributed by atoms with Crippen LogP contribution >= 0.6 is 38.9 Å². The van der Waals surface area contributed by atoms with Crippen molar-refractivity contribution in [2.75, 3.05) is 7.11 Å². The number of hydrogen-bond donors (Lipinski definition) is 0. The maximum absolute atomic E-state index is 14.0. The van der Waals surface area contributed by atoms with Gasteiger partial charge in [0, 0.05) is 6.07 Å². The van der Waals surface area contributed by atoms with Gasteiger partial charge in [-0.2, -0.15) is 0 Å². The van der Waals surface area contributed by atoms with Gasteiger partial charge in [0.05, 0.1) is 11.8 Å². The number of aromatic nitrogens is 1. The Morgan fingerprint density at radius 3 is 2.95 bits per heavy atom. The zero-order valence-electron chi connectivity index (χ0n) is 9.87. The van der Waals surface area contributed by atoms with Crippen LogP contribution in [0.2, 0.25) is 5.02 Å². The molecule has 8 heteroatoms. The molecule has 0 spiro atoms. The lowest BCUT2D eigenvalue weighted by Gasteiger charge is -2.13. The summed E-state index contributed by atoms with van der Waals surface area (Å²) in [6, 6.07) is 1.46. The van der Waals surface area contributed by atoms with Crippen molar-refractivity contribution in [2.45, 2.75) is 13.0 Å². The third kappa shape index (κ3) is 2.82. The molecule has 2 rings (SSSR count). The van der Waals surface area contributed by atoms with E-state index in [0.29, 0.717) is 14.1 Å². The number of hydrogen-bond acceptors (Lipinski definition) is 5. The number of fused-ring (bicyclic) bond motifs is 1. The lowest BCUT2D eigenvalue weighted by atomic mass is 10.3. The predicted octanol–water partition coefficient (Wildman–Crippen LogP) is 3.79. The van der Waals surface area contributed by atoms with Crippen molar-refractivity contribution in [3.63, 3.8) is 0 Å². The Morgan fingerprint density at radius 1 is 1.63 bits per heavy atom. The fraction of sp³-hybridized carbons (Fsp3) is 0.273. The molecule has 2 aromatic rings. The quantitative estimate of drug-likeness (QED) is 0.773. The van der Waals surface area contributed by atoms with Crippen LogP contribution in [0.3, 0.4) is 0 Å². The molecular weight excluding hydrogens is 361 g/mol. The van der Waals surface area contributed by atoms with E-state index in [4.69, 9.17) is 16.3 Å². The Hall–Kier alpha value is -0.920. The second-order valence-corrected chi connectivity index (χ2v) is 6.28. The van der Waals surface area contributed by atoms with Crippen LogP contribution in [0.25, 0.3) is 10.2 Å². The van der Waals surface area contributed by atoms with Gasteiger partial charge < -0.3 is 9.47 Å². The number of halogens is 3. The molecule has 0 N–H and O–H groups in total. The van der Waals surface area contributed by atoms with Crippen molar-refractivity contribution in [3.8, 4) is 5.75 Å². The molecule has 0 saturated heterocycles. The van der Waals surface area contributed by atoms with E-state index < -0.39 is 17.9 Å². The number of ether oxygens (including phenoxy) is 2. The standard InChI is InChI=1S/C11H8BrClFNO3S/c1-4(10(16)17-2)18-5-3-6-9(7(13)8(5)14)15-11(12)19-6/h3-4H,1-2H3.